The van der Waals surface area contributed by atoms with Crippen LogP contribution in [0.4, 0.5) is 0 Å². The van der Waals surface area contributed by atoms with E-state index in [2.05, 4.69) is 43.5 Å². The molecule has 100 valence electrons. The van der Waals surface area contributed by atoms with Gasteiger partial charge in [0.25, 0.3) is 0 Å². The molecule has 2 heterocycles. The van der Waals surface area contributed by atoms with Gasteiger partial charge in [-0.05, 0) is 44.9 Å². The Balaban J connectivity index is 1.83. The van der Waals surface area contributed by atoms with Gasteiger partial charge in [0, 0.05) is 22.2 Å². The van der Waals surface area contributed by atoms with Crippen LogP contribution in [-0.2, 0) is 11.2 Å². The van der Waals surface area contributed by atoms with Gasteiger partial charge in [0.2, 0.25) is 5.91 Å². The fourth-order valence-electron chi connectivity index (χ4n) is 2.47. The fourth-order valence-corrected chi connectivity index (χ4v) is 3.48. The normalized spacial score (nSPS) is 25.1. The Morgan fingerprint density at radius 3 is 2.94 bits per heavy atom. The summed E-state index contributed by atoms with van der Waals surface area (Å²) in [5.74, 6) is 0.599. The predicted molar refractivity (Wildman–Crippen MR) is 75.9 cm³/mol. The molecule has 1 aromatic rings. The van der Waals surface area contributed by atoms with E-state index in [1.165, 1.54) is 9.75 Å². The van der Waals surface area contributed by atoms with E-state index in [0.717, 1.165) is 19.4 Å². The van der Waals surface area contributed by atoms with Crippen molar-refractivity contribution in [1.29, 1.82) is 0 Å². The van der Waals surface area contributed by atoms with Gasteiger partial charge in [-0.2, -0.15) is 0 Å². The average molecular weight is 266 g/mol. The molecule has 1 aliphatic heterocycles. The lowest BCUT2D eigenvalue weighted by atomic mass is 10.0. The highest BCUT2D eigenvalue weighted by Crippen LogP contribution is 2.18. The van der Waals surface area contributed by atoms with Gasteiger partial charge in [-0.1, -0.05) is 6.92 Å². The molecule has 3 nitrogen and oxygen atoms in total. The molecule has 0 bridgehead atoms. The highest BCUT2D eigenvalue weighted by atomic mass is 32.1. The zero-order chi connectivity index (χ0) is 13.1. The lowest BCUT2D eigenvalue weighted by molar-refractivity contribution is -0.124. The largest absolute Gasteiger partial charge is 0.352 e. The standard InChI is InChI=1S/C14H22N2OS/c1-9-6-7-15-13(9)14(17)16-10(2)8-12-5-4-11(3)18-12/h4-5,9-10,13,15H,6-8H2,1-3H3,(H,16,17). The molecule has 1 aliphatic rings. The van der Waals surface area contributed by atoms with Crippen molar-refractivity contribution < 1.29 is 4.79 Å². The molecule has 2 N–H and O–H groups in total. The summed E-state index contributed by atoms with van der Waals surface area (Å²) in [4.78, 5) is 14.8. The lowest BCUT2D eigenvalue weighted by Crippen LogP contribution is -2.46. The third kappa shape index (κ3) is 3.33. The Morgan fingerprint density at radius 1 is 1.61 bits per heavy atom. The van der Waals surface area contributed by atoms with Gasteiger partial charge in [0.15, 0.2) is 0 Å². The first-order valence-corrected chi connectivity index (χ1v) is 7.47. The third-order valence-corrected chi connectivity index (χ3v) is 4.53. The Kier molecular flexibility index (Phi) is 4.40. The zero-order valence-corrected chi connectivity index (χ0v) is 12.1. The topological polar surface area (TPSA) is 41.1 Å². The lowest BCUT2D eigenvalue weighted by Gasteiger charge is -2.19. The number of carbonyl (C=O) groups is 1. The van der Waals surface area contributed by atoms with Crippen LogP contribution in [0.5, 0.6) is 0 Å². The van der Waals surface area contributed by atoms with Crippen LogP contribution in [0, 0.1) is 12.8 Å². The second-order valence-corrected chi connectivity index (χ2v) is 6.70. The molecule has 2 rings (SSSR count). The summed E-state index contributed by atoms with van der Waals surface area (Å²) in [6.45, 7) is 7.28. The number of hydrogen-bond acceptors (Lipinski definition) is 3. The molecule has 1 saturated heterocycles. The van der Waals surface area contributed by atoms with Gasteiger partial charge in [-0.3, -0.25) is 4.79 Å². The van der Waals surface area contributed by atoms with Gasteiger partial charge in [0.05, 0.1) is 6.04 Å². The van der Waals surface area contributed by atoms with Crippen LogP contribution in [0.1, 0.15) is 30.0 Å². The number of rotatable bonds is 4. The molecular weight excluding hydrogens is 244 g/mol. The van der Waals surface area contributed by atoms with Crippen molar-refractivity contribution in [3.63, 3.8) is 0 Å². The Hall–Kier alpha value is -0.870. The maximum absolute atomic E-state index is 12.1. The molecule has 1 amide bonds. The highest BCUT2D eigenvalue weighted by molar-refractivity contribution is 7.11. The molecule has 1 fully saturated rings. The zero-order valence-electron chi connectivity index (χ0n) is 11.3. The van der Waals surface area contributed by atoms with Crippen LogP contribution in [-0.4, -0.2) is 24.5 Å². The van der Waals surface area contributed by atoms with Gasteiger partial charge < -0.3 is 10.6 Å². The van der Waals surface area contributed by atoms with Crippen LogP contribution >= 0.6 is 11.3 Å². The Bertz CT molecular complexity index is 416. The van der Waals surface area contributed by atoms with E-state index in [4.69, 9.17) is 0 Å². The van der Waals surface area contributed by atoms with E-state index in [-0.39, 0.29) is 18.0 Å². The fraction of sp³-hybridized carbons (Fsp3) is 0.643. The van der Waals surface area contributed by atoms with Crippen LogP contribution < -0.4 is 10.6 Å². The Morgan fingerprint density at radius 2 is 2.39 bits per heavy atom. The SMILES string of the molecule is Cc1ccc(CC(C)NC(=O)C2NCCC2C)s1. The number of carbonyl (C=O) groups excluding carboxylic acids is 1. The quantitative estimate of drug-likeness (QED) is 0.876. The van der Waals surface area contributed by atoms with Crippen molar-refractivity contribution in [1.82, 2.24) is 10.6 Å². The average Bonchev–Trinajstić information content (AvgIpc) is 2.87. The van der Waals surface area contributed by atoms with Crippen LogP contribution in [0.15, 0.2) is 12.1 Å². The number of hydrogen-bond donors (Lipinski definition) is 2. The molecule has 0 aromatic carbocycles. The second-order valence-electron chi connectivity index (χ2n) is 5.32. The monoisotopic (exact) mass is 266 g/mol. The summed E-state index contributed by atoms with van der Waals surface area (Å²) < 4.78 is 0. The van der Waals surface area contributed by atoms with E-state index in [1.807, 2.05) is 11.3 Å². The molecule has 0 spiro atoms. The molecule has 1 aromatic heterocycles. The number of thiophene rings is 1. The van der Waals surface area contributed by atoms with Crippen molar-refractivity contribution >= 4 is 17.2 Å². The van der Waals surface area contributed by atoms with Gasteiger partial charge in [-0.15, -0.1) is 11.3 Å². The summed E-state index contributed by atoms with van der Waals surface area (Å²) in [6, 6.07) is 4.48. The minimum atomic E-state index is -0.00229. The summed E-state index contributed by atoms with van der Waals surface area (Å²) in [6.07, 6.45) is 2.02. The summed E-state index contributed by atoms with van der Waals surface area (Å²) in [5.41, 5.74) is 0. The first-order chi connectivity index (χ1) is 8.56. The summed E-state index contributed by atoms with van der Waals surface area (Å²) in [7, 11) is 0. The molecule has 0 saturated carbocycles. The molecule has 18 heavy (non-hydrogen) atoms. The minimum Gasteiger partial charge on any atom is -0.352 e. The van der Waals surface area contributed by atoms with Crippen molar-refractivity contribution in [3.8, 4) is 0 Å². The van der Waals surface area contributed by atoms with E-state index >= 15 is 0 Å². The Labute approximate surface area is 113 Å². The third-order valence-electron chi connectivity index (χ3n) is 3.51. The maximum atomic E-state index is 12.1. The van der Waals surface area contributed by atoms with E-state index in [0.29, 0.717) is 5.92 Å². The van der Waals surface area contributed by atoms with Crippen molar-refractivity contribution in [2.75, 3.05) is 6.54 Å². The molecule has 0 radical (unpaired) electrons. The summed E-state index contributed by atoms with van der Waals surface area (Å²) >= 11 is 1.81. The molecule has 4 heteroatoms. The smallest absolute Gasteiger partial charge is 0.237 e. The van der Waals surface area contributed by atoms with Gasteiger partial charge >= 0.3 is 0 Å². The maximum Gasteiger partial charge on any atom is 0.237 e. The van der Waals surface area contributed by atoms with Crippen LogP contribution in [0.3, 0.4) is 0 Å². The first-order valence-electron chi connectivity index (χ1n) is 6.65. The first kappa shape index (κ1) is 13.6. The predicted octanol–water partition coefficient (Wildman–Crippen LogP) is 2.10. The van der Waals surface area contributed by atoms with Gasteiger partial charge in [-0.25, -0.2) is 0 Å². The van der Waals surface area contributed by atoms with Crippen molar-refractivity contribution in [3.05, 3.63) is 21.9 Å². The molecule has 3 unspecified atom stereocenters. The number of amides is 1. The van der Waals surface area contributed by atoms with E-state index in [1.54, 1.807) is 0 Å². The second kappa shape index (κ2) is 5.85. The highest BCUT2D eigenvalue weighted by Gasteiger charge is 2.29. The molecule has 0 aliphatic carbocycles. The van der Waals surface area contributed by atoms with E-state index < -0.39 is 0 Å². The van der Waals surface area contributed by atoms with Crippen molar-refractivity contribution in [2.24, 2.45) is 5.92 Å². The molecule has 3 atom stereocenters. The summed E-state index contributed by atoms with van der Waals surface area (Å²) in [5, 5.41) is 6.39. The number of nitrogens with one attached hydrogen (secondary N) is 2. The van der Waals surface area contributed by atoms with Crippen LogP contribution in [0.2, 0.25) is 0 Å². The molecular formula is C14H22N2OS. The van der Waals surface area contributed by atoms with Gasteiger partial charge in [0.1, 0.15) is 0 Å². The van der Waals surface area contributed by atoms with Crippen molar-refractivity contribution in [2.45, 2.75) is 45.7 Å². The minimum absolute atomic E-state index is 0.00229. The number of aryl methyl sites for hydroxylation is 1. The van der Waals surface area contributed by atoms with Crippen LogP contribution in [0.25, 0.3) is 0 Å². The van der Waals surface area contributed by atoms with E-state index in [9.17, 15) is 4.79 Å².